The Morgan fingerprint density at radius 1 is 1.56 bits per heavy atom. The summed E-state index contributed by atoms with van der Waals surface area (Å²) in [6.07, 6.45) is 1.87. The molecule has 1 unspecified atom stereocenters. The van der Waals surface area contributed by atoms with Gasteiger partial charge in [0.15, 0.2) is 0 Å². The summed E-state index contributed by atoms with van der Waals surface area (Å²) in [4.78, 5) is 10.6. The van der Waals surface area contributed by atoms with Crippen LogP contribution in [-0.4, -0.2) is 23.0 Å². The monoisotopic (exact) mass is 266 g/mol. The number of hydrogen-bond donors (Lipinski definition) is 1. The van der Waals surface area contributed by atoms with Crippen LogP contribution < -0.4 is 5.32 Å². The van der Waals surface area contributed by atoms with Gasteiger partial charge in [-0.25, -0.2) is 0 Å². The molecular formula is C13H18N2O2S. The average Bonchev–Trinajstić information content (AvgIpc) is 2.38. The summed E-state index contributed by atoms with van der Waals surface area (Å²) in [6, 6.07) is 6.84. The third kappa shape index (κ3) is 4.50. The minimum absolute atomic E-state index is 0.0177. The number of para-hydroxylation sites is 1. The summed E-state index contributed by atoms with van der Waals surface area (Å²) >= 11 is 1.79. The molecule has 0 radical (unpaired) electrons. The first-order valence-corrected chi connectivity index (χ1v) is 6.97. The summed E-state index contributed by atoms with van der Waals surface area (Å²) in [5.41, 5.74) is 0.910. The molecule has 0 amide bonds. The lowest BCUT2D eigenvalue weighted by molar-refractivity contribution is -0.385. The number of nitro groups is 1. The summed E-state index contributed by atoms with van der Waals surface area (Å²) in [5.74, 6) is 1.90. The van der Waals surface area contributed by atoms with Crippen LogP contribution in [0.15, 0.2) is 36.9 Å². The van der Waals surface area contributed by atoms with Crippen LogP contribution in [0.3, 0.4) is 0 Å². The summed E-state index contributed by atoms with van der Waals surface area (Å²) in [6.45, 7) is 6.43. The molecule has 0 saturated heterocycles. The van der Waals surface area contributed by atoms with E-state index in [1.54, 1.807) is 30.0 Å². The van der Waals surface area contributed by atoms with Gasteiger partial charge in [-0.05, 0) is 6.92 Å². The number of nitrogens with one attached hydrogen (secondary N) is 1. The fourth-order valence-electron chi connectivity index (χ4n) is 1.64. The molecule has 0 fully saturated rings. The molecule has 1 atom stereocenters. The van der Waals surface area contributed by atoms with Crippen LogP contribution in [0.2, 0.25) is 0 Å². The van der Waals surface area contributed by atoms with Gasteiger partial charge in [0.25, 0.3) is 5.69 Å². The molecule has 5 heteroatoms. The molecule has 0 aliphatic heterocycles. The van der Waals surface area contributed by atoms with E-state index < -0.39 is 0 Å². The maximum atomic E-state index is 10.9. The first-order valence-electron chi connectivity index (χ1n) is 5.82. The molecule has 0 spiro atoms. The molecule has 1 rings (SSSR count). The second kappa shape index (κ2) is 7.89. The quantitative estimate of drug-likeness (QED) is 0.340. The van der Waals surface area contributed by atoms with Gasteiger partial charge in [0.2, 0.25) is 0 Å². The van der Waals surface area contributed by atoms with Crippen molar-refractivity contribution in [2.24, 2.45) is 0 Å². The van der Waals surface area contributed by atoms with E-state index >= 15 is 0 Å². The molecule has 0 saturated carbocycles. The van der Waals surface area contributed by atoms with Crippen molar-refractivity contribution in [3.05, 3.63) is 52.6 Å². The Balaban J connectivity index is 2.53. The van der Waals surface area contributed by atoms with Crippen LogP contribution in [0.5, 0.6) is 0 Å². The predicted octanol–water partition coefficient (Wildman–Crippen LogP) is 3.16. The second-order valence-corrected chi connectivity index (χ2v) is 5.01. The maximum Gasteiger partial charge on any atom is 0.274 e. The zero-order chi connectivity index (χ0) is 13.4. The molecule has 0 heterocycles. The molecule has 1 aromatic rings. The highest BCUT2D eigenvalue weighted by atomic mass is 32.2. The number of nitrogens with zero attached hydrogens (tertiary/aromatic N) is 1. The molecule has 0 bridgehead atoms. The van der Waals surface area contributed by atoms with Crippen molar-refractivity contribution in [3.8, 4) is 0 Å². The van der Waals surface area contributed by atoms with Gasteiger partial charge in [-0.2, -0.15) is 11.8 Å². The standard InChI is InChI=1S/C13H18N2O2S/c1-3-9-18-10-8-14-11(2)12-6-4-5-7-13(12)15(16)17/h3-7,11,14H,1,8-10H2,2H3. The van der Waals surface area contributed by atoms with Crippen molar-refractivity contribution in [2.45, 2.75) is 13.0 Å². The van der Waals surface area contributed by atoms with E-state index in [1.165, 1.54) is 0 Å². The van der Waals surface area contributed by atoms with Gasteiger partial charge in [-0.3, -0.25) is 10.1 Å². The Hall–Kier alpha value is -1.33. The molecule has 1 N–H and O–H groups in total. The van der Waals surface area contributed by atoms with Gasteiger partial charge in [-0.1, -0.05) is 24.3 Å². The van der Waals surface area contributed by atoms with Crippen molar-refractivity contribution in [1.82, 2.24) is 5.32 Å². The number of nitro benzene ring substituents is 1. The minimum atomic E-state index is -0.333. The van der Waals surface area contributed by atoms with E-state index in [1.807, 2.05) is 19.1 Å². The average molecular weight is 266 g/mol. The van der Waals surface area contributed by atoms with Crippen molar-refractivity contribution >= 4 is 17.4 Å². The Labute approximate surface area is 112 Å². The minimum Gasteiger partial charge on any atom is -0.309 e. The van der Waals surface area contributed by atoms with E-state index in [2.05, 4.69) is 11.9 Å². The smallest absolute Gasteiger partial charge is 0.274 e. The first kappa shape index (κ1) is 14.7. The van der Waals surface area contributed by atoms with E-state index in [4.69, 9.17) is 0 Å². The lowest BCUT2D eigenvalue weighted by Gasteiger charge is -2.13. The molecule has 0 aliphatic carbocycles. The Kier molecular flexibility index (Phi) is 6.46. The fourth-order valence-corrected chi connectivity index (χ4v) is 2.24. The number of rotatable bonds is 8. The fraction of sp³-hybridized carbons (Fsp3) is 0.385. The van der Waals surface area contributed by atoms with Crippen molar-refractivity contribution in [1.29, 1.82) is 0 Å². The number of benzene rings is 1. The molecule has 18 heavy (non-hydrogen) atoms. The van der Waals surface area contributed by atoms with Crippen LogP contribution in [-0.2, 0) is 0 Å². The van der Waals surface area contributed by atoms with Crippen LogP contribution in [0.4, 0.5) is 5.69 Å². The predicted molar refractivity (Wildman–Crippen MR) is 77.0 cm³/mol. The molecule has 1 aromatic carbocycles. The molecule has 0 aromatic heterocycles. The highest BCUT2D eigenvalue weighted by Crippen LogP contribution is 2.24. The normalized spacial score (nSPS) is 12.1. The summed E-state index contributed by atoms with van der Waals surface area (Å²) in [5, 5.41) is 14.2. The Morgan fingerprint density at radius 2 is 2.28 bits per heavy atom. The zero-order valence-corrected chi connectivity index (χ0v) is 11.3. The van der Waals surface area contributed by atoms with Crippen LogP contribution in [0.1, 0.15) is 18.5 Å². The zero-order valence-electron chi connectivity index (χ0n) is 10.5. The Morgan fingerprint density at radius 3 is 2.94 bits per heavy atom. The Bertz CT molecular complexity index is 410. The molecule has 98 valence electrons. The van der Waals surface area contributed by atoms with Gasteiger partial charge < -0.3 is 5.32 Å². The van der Waals surface area contributed by atoms with Gasteiger partial charge in [0.1, 0.15) is 0 Å². The highest BCUT2D eigenvalue weighted by Gasteiger charge is 2.17. The number of hydrogen-bond acceptors (Lipinski definition) is 4. The lowest BCUT2D eigenvalue weighted by Crippen LogP contribution is -2.22. The van der Waals surface area contributed by atoms with Crippen LogP contribution in [0.25, 0.3) is 0 Å². The van der Waals surface area contributed by atoms with Gasteiger partial charge in [-0.15, -0.1) is 6.58 Å². The van der Waals surface area contributed by atoms with Crippen LogP contribution >= 0.6 is 11.8 Å². The van der Waals surface area contributed by atoms with Gasteiger partial charge >= 0.3 is 0 Å². The summed E-state index contributed by atoms with van der Waals surface area (Å²) in [7, 11) is 0. The van der Waals surface area contributed by atoms with E-state index in [-0.39, 0.29) is 16.7 Å². The van der Waals surface area contributed by atoms with E-state index in [0.717, 1.165) is 23.6 Å². The van der Waals surface area contributed by atoms with E-state index in [9.17, 15) is 10.1 Å². The first-order chi connectivity index (χ1) is 8.66. The van der Waals surface area contributed by atoms with Crippen molar-refractivity contribution in [3.63, 3.8) is 0 Å². The van der Waals surface area contributed by atoms with Crippen LogP contribution in [0, 0.1) is 10.1 Å². The third-order valence-electron chi connectivity index (χ3n) is 2.53. The largest absolute Gasteiger partial charge is 0.309 e. The SMILES string of the molecule is C=CCSCCNC(C)c1ccccc1[N+](=O)[O-]. The lowest BCUT2D eigenvalue weighted by atomic mass is 10.1. The molecule has 4 nitrogen and oxygen atoms in total. The molecular weight excluding hydrogens is 248 g/mol. The summed E-state index contributed by atoms with van der Waals surface area (Å²) < 4.78 is 0. The van der Waals surface area contributed by atoms with E-state index in [0.29, 0.717) is 0 Å². The number of thioether (sulfide) groups is 1. The van der Waals surface area contributed by atoms with Gasteiger partial charge in [0.05, 0.1) is 4.92 Å². The maximum absolute atomic E-state index is 10.9. The highest BCUT2D eigenvalue weighted by molar-refractivity contribution is 7.99. The van der Waals surface area contributed by atoms with Gasteiger partial charge in [0, 0.05) is 35.7 Å². The second-order valence-electron chi connectivity index (χ2n) is 3.86. The van der Waals surface area contributed by atoms with Crippen molar-refractivity contribution < 1.29 is 4.92 Å². The topological polar surface area (TPSA) is 55.2 Å². The third-order valence-corrected chi connectivity index (χ3v) is 3.50. The molecule has 0 aliphatic rings. The van der Waals surface area contributed by atoms with Crippen molar-refractivity contribution in [2.75, 3.05) is 18.1 Å².